The van der Waals surface area contributed by atoms with E-state index >= 15 is 0 Å². The number of esters is 1. The fourth-order valence-corrected chi connectivity index (χ4v) is 11.0. The third-order valence-corrected chi connectivity index (χ3v) is 17.3. The Labute approximate surface area is 605 Å². The van der Waals surface area contributed by atoms with Gasteiger partial charge in [-0.1, -0.05) is 108 Å². The van der Waals surface area contributed by atoms with E-state index in [1.165, 1.54) is 0 Å². The van der Waals surface area contributed by atoms with Crippen LogP contribution < -0.4 is 81.0 Å². The summed E-state index contributed by atoms with van der Waals surface area (Å²) in [7, 11) is 0. The van der Waals surface area contributed by atoms with Crippen molar-refractivity contribution in [3.05, 3.63) is 71.9 Å². The van der Waals surface area contributed by atoms with E-state index in [9.17, 15) is 97.1 Å². The summed E-state index contributed by atoms with van der Waals surface area (Å²) in [5.41, 5.74) is 18.8. The minimum absolute atomic E-state index is 0.217. The van der Waals surface area contributed by atoms with Gasteiger partial charge in [0.1, 0.15) is 66.5 Å². The number of ether oxygens (including phenoxy) is 1. The SMILES string of the molecule is CCC(C)CCCCC(O)CC(=O)N[C@H](CO)C(=O)N[C@@H]1C(=O)N[C@H](CCN)C(=O)N[C@@H](CC(=O)O)C(=O)NCC(=O)N[C@H](CC(N)=O)C(=O)N[C@H](CC(=O)O)C(=O)NCC(=O)N[C@@H](Cc2c[nH]c3ccccc23)C(=O)N[C@H]([C@@H](C)CC)C(=O)N[C@@H](CCN)C(=O)N[C@@H](Cc2ccccc2)C(=O)O[C@@H]1C. The second kappa shape index (κ2) is 44.1. The van der Waals surface area contributed by atoms with Crippen molar-refractivity contribution in [2.24, 2.45) is 29.0 Å². The highest BCUT2D eigenvalue weighted by atomic mass is 16.5. The molecule has 0 spiro atoms. The number of rotatable bonds is 28. The van der Waals surface area contributed by atoms with Gasteiger partial charge in [0.15, 0.2) is 0 Å². The molecule has 23 N–H and O–H groups in total. The zero-order chi connectivity index (χ0) is 78.0. The molecule has 105 heavy (non-hydrogen) atoms. The number of aliphatic carboxylic acids is 2. The van der Waals surface area contributed by atoms with Crippen molar-refractivity contribution in [1.82, 2.24) is 68.8 Å². The van der Waals surface area contributed by atoms with Crippen LogP contribution in [0.5, 0.6) is 0 Å². The number of aromatic amines is 1. The Morgan fingerprint density at radius 1 is 0.590 bits per heavy atom. The van der Waals surface area contributed by atoms with Crippen LogP contribution in [0.1, 0.15) is 123 Å². The average Bonchev–Trinajstić information content (AvgIpc) is 1.72. The fourth-order valence-electron chi connectivity index (χ4n) is 11.0. The number of fused-ring (bicyclic) bond motifs is 1. The number of primary amides is 1. The number of hydrogen-bond acceptors (Lipinski definition) is 21. The molecule has 0 bridgehead atoms. The van der Waals surface area contributed by atoms with E-state index in [0.717, 1.165) is 26.2 Å². The molecule has 3 aromatic rings. The lowest BCUT2D eigenvalue weighted by atomic mass is 9.96. The van der Waals surface area contributed by atoms with Gasteiger partial charge in [-0.3, -0.25) is 71.9 Å². The molecule has 2 aromatic carbocycles. The number of nitrogens with one attached hydrogen (secondary N) is 13. The van der Waals surface area contributed by atoms with E-state index in [1.54, 1.807) is 74.6 Å². The van der Waals surface area contributed by atoms with Crippen LogP contribution in [0.15, 0.2) is 60.8 Å². The summed E-state index contributed by atoms with van der Waals surface area (Å²) in [5.74, 6) is -20.5. The Bertz CT molecular complexity index is 3520. The van der Waals surface area contributed by atoms with Crippen molar-refractivity contribution in [2.75, 3.05) is 32.8 Å². The van der Waals surface area contributed by atoms with E-state index in [2.05, 4.69) is 70.4 Å². The molecule has 1 aliphatic rings. The molecule has 2 unspecified atom stereocenters. The summed E-state index contributed by atoms with van der Waals surface area (Å²) in [6.45, 7) is 4.55. The number of aliphatic hydroxyl groups excluding tert-OH is 2. The number of carbonyl (C=O) groups is 16. The summed E-state index contributed by atoms with van der Waals surface area (Å²) in [6, 6.07) is -3.51. The number of unbranched alkanes of at least 4 members (excludes halogenated alkanes) is 1. The monoisotopic (exact) mass is 1480 g/mol. The maximum Gasteiger partial charge on any atom is 0.329 e. The third-order valence-electron chi connectivity index (χ3n) is 17.3. The molecule has 13 amide bonds. The first-order valence-corrected chi connectivity index (χ1v) is 34.6. The van der Waals surface area contributed by atoms with Gasteiger partial charge in [0.2, 0.25) is 76.8 Å². The van der Waals surface area contributed by atoms with Crippen LogP contribution in [0, 0.1) is 11.8 Å². The van der Waals surface area contributed by atoms with Crippen LogP contribution in [0.25, 0.3) is 10.9 Å². The van der Waals surface area contributed by atoms with Crippen LogP contribution in [-0.2, 0) is 94.3 Å². The Balaban J connectivity index is 1.86. The topological polar surface area (TPSA) is 601 Å². The van der Waals surface area contributed by atoms with E-state index in [0.29, 0.717) is 34.4 Å². The lowest BCUT2D eigenvalue weighted by molar-refractivity contribution is -0.156. The lowest BCUT2D eigenvalue weighted by Crippen LogP contribution is -2.62. The number of aliphatic hydroxyl groups is 2. The van der Waals surface area contributed by atoms with E-state index < -0.39 is 232 Å². The van der Waals surface area contributed by atoms with E-state index in [1.807, 2.05) is 12.2 Å². The number of hydrogen-bond donors (Lipinski definition) is 20. The molecule has 2 heterocycles. The highest BCUT2D eigenvalue weighted by Gasteiger charge is 2.40. The van der Waals surface area contributed by atoms with Gasteiger partial charge in [0, 0.05) is 29.9 Å². The molecular weight excluding hydrogens is 1380 g/mol. The molecule has 14 atom stereocenters. The second-order valence-electron chi connectivity index (χ2n) is 25.7. The standard InChI is InChI=1S/C68H100N16O21/c1-6-35(3)15-11-12-18-40(86)27-52(88)77-50(34-85)65(101)84-58-37(5)105-68(104)49(25-38-16-9-8-10-17-38)82-62(98)44(22-24-70)78-66(102)57(36(4)7-2)83-64(100)45(26-39-31-72-42-20-14-13-19-41(39)42)75-53(89)32-73-60(96)48(30-56(93)94)81-63(99)46(28-51(71)87)76-54(90)33-74-59(95)47(29-55(91)92)80-61(97)43(21-23-69)79-67(58)103/h8-10,13-14,16-17,19-20,31,35-37,40,43-50,57-58,72,85-86H,6-7,11-12,15,18,21-30,32-34,69-70H2,1-5H3,(H2,71,87)(H,73,96)(H,74,95)(H,75,89)(H,76,90)(H,77,88)(H,78,102)(H,79,103)(H,80,97)(H,81,99)(H,82,98)(H,83,100)(H,84,101)(H,91,92)(H,93,94)/t35?,36-,37+,40?,43+,44-,45-,46+,47-,48+,49-,50+,57+,58-/m0/s1. The van der Waals surface area contributed by atoms with Gasteiger partial charge in [-0.05, 0) is 68.3 Å². The molecule has 1 saturated heterocycles. The number of H-pyrrole nitrogens is 1. The first kappa shape index (κ1) is 86.7. The first-order chi connectivity index (χ1) is 49.8. The van der Waals surface area contributed by atoms with Gasteiger partial charge in [-0.2, -0.15) is 0 Å². The van der Waals surface area contributed by atoms with Gasteiger partial charge < -0.3 is 111 Å². The number of carboxylic acids is 2. The predicted octanol–water partition coefficient (Wildman–Crippen LogP) is -5.10. The average molecular weight is 1480 g/mol. The molecule has 1 aromatic heterocycles. The van der Waals surface area contributed by atoms with Gasteiger partial charge in [-0.15, -0.1) is 0 Å². The third kappa shape index (κ3) is 29.5. The van der Waals surface area contributed by atoms with Crippen LogP contribution in [0.4, 0.5) is 0 Å². The molecule has 37 nitrogen and oxygen atoms in total. The largest absolute Gasteiger partial charge is 0.481 e. The zero-order valence-electron chi connectivity index (χ0n) is 59.3. The number of para-hydroxylation sites is 1. The maximum absolute atomic E-state index is 14.8. The summed E-state index contributed by atoms with van der Waals surface area (Å²) in [5, 5.41) is 69.2. The molecule has 0 radical (unpaired) electrons. The number of carbonyl (C=O) groups excluding carboxylic acids is 14. The molecule has 37 heteroatoms. The number of cyclic esters (lactones) is 1. The van der Waals surface area contributed by atoms with Crippen molar-refractivity contribution in [1.29, 1.82) is 0 Å². The highest BCUT2D eigenvalue weighted by molar-refractivity contribution is 6.01. The minimum Gasteiger partial charge on any atom is -0.481 e. The number of nitrogens with two attached hydrogens (primary N) is 3. The van der Waals surface area contributed by atoms with Crippen molar-refractivity contribution >= 4 is 106 Å². The quantitative estimate of drug-likeness (QED) is 0.0239. The highest BCUT2D eigenvalue weighted by Crippen LogP contribution is 2.21. The number of benzene rings is 2. The lowest BCUT2D eigenvalue weighted by Gasteiger charge is -2.30. The van der Waals surface area contributed by atoms with Gasteiger partial charge in [0.05, 0.1) is 51.5 Å². The fraction of sp³-hybridized carbons (Fsp3) is 0.559. The molecule has 4 rings (SSSR count). The van der Waals surface area contributed by atoms with Gasteiger partial charge in [0.25, 0.3) is 0 Å². The zero-order valence-corrected chi connectivity index (χ0v) is 59.3. The second-order valence-corrected chi connectivity index (χ2v) is 25.7. The Kier molecular flexibility index (Phi) is 36.4. The Morgan fingerprint density at radius 3 is 1.64 bits per heavy atom. The summed E-state index contributed by atoms with van der Waals surface area (Å²) in [4.78, 5) is 223. The number of aromatic nitrogens is 1. The summed E-state index contributed by atoms with van der Waals surface area (Å²) in [6.07, 6.45) is -3.23. The normalized spacial score (nSPS) is 23.3. The van der Waals surface area contributed by atoms with Crippen LogP contribution in [-0.4, -0.2) is 226 Å². The van der Waals surface area contributed by atoms with E-state index in [4.69, 9.17) is 21.9 Å². The summed E-state index contributed by atoms with van der Waals surface area (Å²) < 4.78 is 5.87. The summed E-state index contributed by atoms with van der Waals surface area (Å²) >= 11 is 0. The first-order valence-electron chi connectivity index (χ1n) is 34.6. The van der Waals surface area contributed by atoms with Crippen molar-refractivity contribution < 1.29 is 102 Å². The Morgan fingerprint density at radius 2 is 1.10 bits per heavy atom. The number of carboxylic acid groups (broad SMARTS) is 2. The minimum atomic E-state index is -2.14. The van der Waals surface area contributed by atoms with Crippen LogP contribution in [0.2, 0.25) is 0 Å². The van der Waals surface area contributed by atoms with Crippen LogP contribution in [0.3, 0.4) is 0 Å². The molecular formula is C68H100N16O21. The van der Waals surface area contributed by atoms with Crippen molar-refractivity contribution in [3.63, 3.8) is 0 Å². The maximum atomic E-state index is 14.8. The predicted molar refractivity (Wildman–Crippen MR) is 374 cm³/mol. The van der Waals surface area contributed by atoms with Crippen molar-refractivity contribution in [2.45, 2.75) is 197 Å². The number of amides is 13. The molecule has 0 aliphatic carbocycles. The van der Waals surface area contributed by atoms with Gasteiger partial charge in [-0.25, -0.2) is 4.79 Å². The Hall–Kier alpha value is -10.7. The van der Waals surface area contributed by atoms with Crippen molar-refractivity contribution in [3.8, 4) is 0 Å². The van der Waals surface area contributed by atoms with E-state index in [-0.39, 0.29) is 38.6 Å². The molecule has 1 fully saturated rings. The molecule has 1 aliphatic heterocycles. The smallest absolute Gasteiger partial charge is 0.329 e. The molecule has 578 valence electrons. The van der Waals surface area contributed by atoms with Gasteiger partial charge >= 0.3 is 17.9 Å². The van der Waals surface area contributed by atoms with Crippen LogP contribution >= 0.6 is 0 Å². The molecule has 0 saturated carbocycles.